The molecule has 0 aromatic heterocycles. The number of hydrogen-bond acceptors (Lipinski definition) is 4. The molecule has 1 saturated heterocycles. The number of likely N-dealkylation sites (tertiary alicyclic amines) is 1. The van der Waals surface area contributed by atoms with Gasteiger partial charge in [0, 0.05) is 13.1 Å². The van der Waals surface area contributed by atoms with Gasteiger partial charge in [0.25, 0.3) is 0 Å². The second-order valence-corrected chi connectivity index (χ2v) is 10.3. The Balaban J connectivity index is 1.73. The van der Waals surface area contributed by atoms with E-state index < -0.39 is 39.2 Å². The molecule has 0 radical (unpaired) electrons. The fourth-order valence-corrected chi connectivity index (χ4v) is 4.80. The Kier molecular flexibility index (Phi) is 7.92. The summed E-state index contributed by atoms with van der Waals surface area (Å²) in [6.07, 6.45) is -1.63. The van der Waals surface area contributed by atoms with Crippen LogP contribution in [0.1, 0.15) is 29.5 Å². The predicted octanol–water partition coefficient (Wildman–Crippen LogP) is 4.04. The summed E-state index contributed by atoms with van der Waals surface area (Å²) in [5, 5.41) is 2.12. The smallest absolute Gasteiger partial charge is 0.350 e. The van der Waals surface area contributed by atoms with Gasteiger partial charge in [-0.15, -0.1) is 0 Å². The van der Waals surface area contributed by atoms with Crippen LogP contribution < -0.4 is 9.62 Å². The molecule has 1 aliphatic rings. The van der Waals surface area contributed by atoms with Crippen molar-refractivity contribution < 1.29 is 26.4 Å². The van der Waals surface area contributed by atoms with E-state index in [1.165, 1.54) is 0 Å². The average molecular weight is 504 g/mol. The van der Waals surface area contributed by atoms with Crippen LogP contribution in [0.25, 0.3) is 0 Å². The van der Waals surface area contributed by atoms with Crippen molar-refractivity contribution in [3.8, 4) is 0 Å². The third-order valence-electron chi connectivity index (χ3n) is 5.42. The topological polar surface area (TPSA) is 69.7 Å². The quantitative estimate of drug-likeness (QED) is 0.590. The summed E-state index contributed by atoms with van der Waals surface area (Å²) in [6.45, 7) is 2.31. The third kappa shape index (κ3) is 6.84. The van der Waals surface area contributed by atoms with Crippen molar-refractivity contribution in [1.29, 1.82) is 0 Å². The zero-order chi connectivity index (χ0) is 24.2. The van der Waals surface area contributed by atoms with Gasteiger partial charge >= 0.3 is 6.18 Å². The second-order valence-electron chi connectivity index (χ2n) is 7.96. The van der Waals surface area contributed by atoms with E-state index in [0.29, 0.717) is 10.4 Å². The highest BCUT2D eigenvalue weighted by atomic mass is 35.5. The van der Waals surface area contributed by atoms with Gasteiger partial charge in [-0.05, 0) is 55.3 Å². The maximum absolute atomic E-state index is 13.2. The molecule has 6 nitrogen and oxygen atoms in total. The molecule has 2 aromatic rings. The van der Waals surface area contributed by atoms with E-state index in [-0.39, 0.29) is 12.2 Å². The summed E-state index contributed by atoms with van der Waals surface area (Å²) < 4.78 is 64.8. The van der Waals surface area contributed by atoms with Gasteiger partial charge in [0.2, 0.25) is 15.9 Å². The Labute approximate surface area is 196 Å². The first-order chi connectivity index (χ1) is 15.4. The van der Waals surface area contributed by atoms with Crippen molar-refractivity contribution in [3.05, 3.63) is 64.2 Å². The number of nitrogens with zero attached hydrogens (tertiary/aromatic N) is 2. The molecule has 33 heavy (non-hydrogen) atoms. The van der Waals surface area contributed by atoms with Crippen molar-refractivity contribution in [2.75, 3.05) is 30.2 Å². The number of benzene rings is 2. The summed E-state index contributed by atoms with van der Waals surface area (Å²) in [6, 6.07) is 10.4. The normalized spacial score (nSPS) is 14.9. The lowest BCUT2D eigenvalue weighted by Crippen LogP contribution is -2.40. The van der Waals surface area contributed by atoms with Crippen molar-refractivity contribution in [3.63, 3.8) is 0 Å². The molecule has 1 heterocycles. The number of halogens is 4. The van der Waals surface area contributed by atoms with Crippen molar-refractivity contribution in [1.82, 2.24) is 10.2 Å². The number of carbonyl (C=O) groups is 1. The third-order valence-corrected chi connectivity index (χ3v) is 6.89. The molecule has 0 spiro atoms. The number of hydrogen-bond donors (Lipinski definition) is 1. The first-order valence-corrected chi connectivity index (χ1v) is 12.6. The van der Waals surface area contributed by atoms with E-state index in [1.807, 2.05) is 24.3 Å². The first-order valence-electron chi connectivity index (χ1n) is 10.4. The molecule has 1 amide bonds. The standard InChI is InChI=1S/C22H25ClF3N3O3S/c1-33(31,32)29(18-8-9-20(23)19(12-18)22(24,25)26)15-21(30)27-13-16-6-2-3-7-17(16)14-28-10-4-5-11-28/h2-3,6-9,12H,4-5,10-11,13-15H2,1H3,(H,27,30). The number of anilines is 1. The summed E-state index contributed by atoms with van der Waals surface area (Å²) >= 11 is 5.63. The summed E-state index contributed by atoms with van der Waals surface area (Å²) in [5.41, 5.74) is 0.493. The highest BCUT2D eigenvalue weighted by Crippen LogP contribution is 2.37. The number of rotatable bonds is 8. The first kappa shape index (κ1) is 25.3. The Bertz CT molecular complexity index is 1100. The zero-order valence-corrected chi connectivity index (χ0v) is 19.6. The monoisotopic (exact) mass is 503 g/mol. The molecule has 0 unspecified atom stereocenters. The minimum absolute atomic E-state index is 0.175. The molecule has 0 aliphatic carbocycles. The van der Waals surface area contributed by atoms with Crippen LogP contribution in [0.5, 0.6) is 0 Å². The van der Waals surface area contributed by atoms with Crippen LogP contribution in [0.2, 0.25) is 5.02 Å². The lowest BCUT2D eigenvalue weighted by Gasteiger charge is -2.23. The number of amides is 1. The summed E-state index contributed by atoms with van der Waals surface area (Å²) in [4.78, 5) is 14.9. The largest absolute Gasteiger partial charge is 0.417 e. The van der Waals surface area contributed by atoms with Gasteiger partial charge < -0.3 is 5.32 Å². The van der Waals surface area contributed by atoms with Crippen LogP contribution >= 0.6 is 11.6 Å². The van der Waals surface area contributed by atoms with E-state index in [1.54, 1.807) is 0 Å². The minimum atomic E-state index is -4.77. The van der Waals surface area contributed by atoms with E-state index in [9.17, 15) is 26.4 Å². The van der Waals surface area contributed by atoms with E-state index in [4.69, 9.17) is 11.6 Å². The van der Waals surface area contributed by atoms with Crippen LogP contribution in [0.15, 0.2) is 42.5 Å². The van der Waals surface area contributed by atoms with Gasteiger partial charge in [-0.1, -0.05) is 35.9 Å². The summed E-state index contributed by atoms with van der Waals surface area (Å²) in [7, 11) is -4.04. The Hall–Kier alpha value is -2.30. The van der Waals surface area contributed by atoms with Crippen LogP contribution in [0.3, 0.4) is 0 Å². The molecule has 0 atom stereocenters. The van der Waals surface area contributed by atoms with Gasteiger partial charge in [-0.3, -0.25) is 14.0 Å². The Morgan fingerprint density at radius 1 is 1.12 bits per heavy atom. The van der Waals surface area contributed by atoms with Crippen LogP contribution in [0.4, 0.5) is 18.9 Å². The highest BCUT2D eigenvalue weighted by molar-refractivity contribution is 7.92. The molecule has 0 saturated carbocycles. The zero-order valence-electron chi connectivity index (χ0n) is 18.0. The fourth-order valence-electron chi connectivity index (χ4n) is 3.73. The van der Waals surface area contributed by atoms with Crippen molar-refractivity contribution >= 4 is 33.2 Å². The maximum Gasteiger partial charge on any atom is 0.417 e. The van der Waals surface area contributed by atoms with Crippen LogP contribution in [0, 0.1) is 0 Å². The highest BCUT2D eigenvalue weighted by Gasteiger charge is 2.34. The molecule has 180 valence electrons. The van der Waals surface area contributed by atoms with E-state index in [2.05, 4.69) is 10.2 Å². The molecule has 1 fully saturated rings. The van der Waals surface area contributed by atoms with Gasteiger partial charge in [0.05, 0.1) is 22.5 Å². The lowest BCUT2D eigenvalue weighted by molar-refractivity contribution is -0.137. The minimum Gasteiger partial charge on any atom is -0.350 e. The molecule has 3 rings (SSSR count). The van der Waals surface area contributed by atoms with Crippen LogP contribution in [-0.4, -0.2) is 45.1 Å². The van der Waals surface area contributed by atoms with Crippen molar-refractivity contribution in [2.24, 2.45) is 0 Å². The molecule has 0 bridgehead atoms. The molecule has 2 aromatic carbocycles. The molecule has 11 heteroatoms. The number of alkyl halides is 3. The molecular weight excluding hydrogens is 479 g/mol. The average Bonchev–Trinajstić information content (AvgIpc) is 3.23. The van der Waals surface area contributed by atoms with Gasteiger partial charge in [-0.25, -0.2) is 8.42 Å². The summed E-state index contributed by atoms with van der Waals surface area (Å²) in [5.74, 6) is -0.639. The van der Waals surface area contributed by atoms with Crippen molar-refractivity contribution in [2.45, 2.75) is 32.1 Å². The Morgan fingerprint density at radius 3 is 2.36 bits per heavy atom. The fraction of sp³-hybridized carbons (Fsp3) is 0.409. The SMILES string of the molecule is CS(=O)(=O)N(CC(=O)NCc1ccccc1CN1CCCC1)c1ccc(Cl)c(C(F)(F)F)c1. The van der Waals surface area contributed by atoms with Gasteiger partial charge in [0.1, 0.15) is 6.54 Å². The maximum atomic E-state index is 13.2. The lowest BCUT2D eigenvalue weighted by atomic mass is 10.1. The molecule has 1 aliphatic heterocycles. The predicted molar refractivity (Wildman–Crippen MR) is 121 cm³/mol. The second kappa shape index (κ2) is 10.3. The number of nitrogens with one attached hydrogen (secondary N) is 1. The molecule has 1 N–H and O–H groups in total. The van der Waals surface area contributed by atoms with Crippen LogP contribution in [-0.2, 0) is 34.1 Å². The van der Waals surface area contributed by atoms with E-state index >= 15 is 0 Å². The van der Waals surface area contributed by atoms with E-state index in [0.717, 1.165) is 62.0 Å². The number of carbonyl (C=O) groups excluding carboxylic acids is 1. The van der Waals surface area contributed by atoms with Gasteiger partial charge in [0.15, 0.2) is 0 Å². The van der Waals surface area contributed by atoms with Gasteiger partial charge in [-0.2, -0.15) is 13.2 Å². The molecular formula is C22H25ClF3N3O3S. The number of sulfonamides is 1. The Morgan fingerprint density at radius 2 is 1.76 bits per heavy atom.